The molecule has 0 saturated carbocycles. The van der Waals surface area contributed by atoms with E-state index in [1.807, 2.05) is 25.1 Å². The van der Waals surface area contributed by atoms with Crippen molar-refractivity contribution in [2.75, 3.05) is 76.7 Å². The summed E-state index contributed by atoms with van der Waals surface area (Å²) in [5.74, 6) is 0.634. The highest BCUT2D eigenvalue weighted by Crippen LogP contribution is 2.39. The normalized spacial score (nSPS) is 20.5. The topological polar surface area (TPSA) is 86.3 Å². The van der Waals surface area contributed by atoms with Gasteiger partial charge in [-0.1, -0.05) is 13.3 Å². The van der Waals surface area contributed by atoms with E-state index in [-0.39, 0.29) is 9.79 Å². The molecule has 2 aromatic carbocycles. The van der Waals surface area contributed by atoms with E-state index in [9.17, 15) is 12.6 Å². The monoisotopic (exact) mass is 681 g/mol. The lowest BCUT2D eigenvalue weighted by Gasteiger charge is -2.46. The van der Waals surface area contributed by atoms with Gasteiger partial charge in [0.15, 0.2) is 0 Å². The number of pyridine rings is 1. The molecule has 9 nitrogen and oxygen atoms in total. The number of anilines is 1. The zero-order valence-corrected chi connectivity index (χ0v) is 29.9. The highest BCUT2D eigenvalue weighted by Gasteiger charge is 2.34. The minimum Gasteiger partial charge on any atom is -0.494 e. The second-order valence-electron chi connectivity index (χ2n) is 13.2. The number of aromatic nitrogens is 1. The van der Waals surface area contributed by atoms with Crippen LogP contribution in [0.25, 0.3) is 10.9 Å². The molecule has 0 radical (unpaired) electrons. The van der Waals surface area contributed by atoms with Crippen LogP contribution in [0.2, 0.25) is 0 Å². The third-order valence-corrected chi connectivity index (χ3v) is 13.1. The van der Waals surface area contributed by atoms with Gasteiger partial charge in [-0.2, -0.15) is 0 Å². The number of sulfone groups is 1. The first-order chi connectivity index (χ1) is 22.8. The molecule has 0 bridgehead atoms. The molecule has 3 aliphatic rings. The van der Waals surface area contributed by atoms with E-state index in [4.69, 9.17) is 4.74 Å². The summed E-state index contributed by atoms with van der Waals surface area (Å²) in [7, 11) is -5.09. The molecule has 1 unspecified atom stereocenters. The van der Waals surface area contributed by atoms with Crippen molar-refractivity contribution in [3.8, 4) is 5.75 Å². The van der Waals surface area contributed by atoms with Gasteiger partial charge in [0.2, 0.25) is 9.84 Å². The van der Waals surface area contributed by atoms with Gasteiger partial charge in [0.1, 0.15) is 10.6 Å². The standard InChI is InChI=1S/C36H51N5O4S2/c1-4-6-17-38-22-24-40(25-23-38)29-13-18-39(19-14-29)28-15-20-41(21-16-28)36-33-26-31(46(3)42)9-12-34(33)37-27-35(36)47(43,44)32-10-7-30(8-11-32)45-5-2/h7-12,26-29H,4-6,13-25H2,1-3H3. The summed E-state index contributed by atoms with van der Waals surface area (Å²) in [6.45, 7) is 14.5. The Labute approximate surface area is 283 Å². The van der Waals surface area contributed by atoms with E-state index in [0.717, 1.165) is 44.4 Å². The zero-order valence-electron chi connectivity index (χ0n) is 28.3. The van der Waals surface area contributed by atoms with Crippen LogP contribution in [-0.4, -0.2) is 116 Å². The fourth-order valence-electron chi connectivity index (χ4n) is 7.65. The summed E-state index contributed by atoms with van der Waals surface area (Å²) in [6.07, 6.45) is 10.1. The first-order valence-corrected chi connectivity index (χ1v) is 20.5. The van der Waals surface area contributed by atoms with Crippen LogP contribution in [0, 0.1) is 0 Å². The number of piperidine rings is 2. The summed E-state index contributed by atoms with van der Waals surface area (Å²) < 4.78 is 46.4. The molecule has 256 valence electrons. The van der Waals surface area contributed by atoms with Crippen LogP contribution in [-0.2, 0) is 20.6 Å². The molecule has 0 spiro atoms. The molecular formula is C36H51N5O4S2. The van der Waals surface area contributed by atoms with Crippen LogP contribution in [0.4, 0.5) is 5.69 Å². The molecule has 1 aromatic heterocycles. The molecule has 11 heteroatoms. The number of benzene rings is 2. The molecule has 4 heterocycles. The molecule has 3 fully saturated rings. The molecule has 47 heavy (non-hydrogen) atoms. The molecule has 0 amide bonds. The van der Waals surface area contributed by atoms with Crippen molar-refractivity contribution in [3.05, 3.63) is 48.7 Å². The Morgan fingerprint density at radius 3 is 2.11 bits per heavy atom. The maximum atomic E-state index is 14.2. The van der Waals surface area contributed by atoms with Crippen LogP contribution in [0.1, 0.15) is 52.4 Å². The number of likely N-dealkylation sites (tertiary alicyclic amines) is 1. The maximum absolute atomic E-state index is 14.2. The number of hydrogen-bond acceptors (Lipinski definition) is 9. The summed E-state index contributed by atoms with van der Waals surface area (Å²) in [4.78, 5) is 15.9. The lowest BCUT2D eigenvalue weighted by molar-refractivity contribution is 0.0434. The second kappa shape index (κ2) is 15.3. The van der Waals surface area contributed by atoms with Crippen LogP contribution in [0.3, 0.4) is 0 Å². The van der Waals surface area contributed by atoms with Gasteiger partial charge in [-0.15, -0.1) is 0 Å². The van der Waals surface area contributed by atoms with Gasteiger partial charge in [-0.05, 0) is 101 Å². The van der Waals surface area contributed by atoms with Crippen LogP contribution < -0.4 is 9.64 Å². The Hall–Kier alpha value is -2.57. The van der Waals surface area contributed by atoms with Gasteiger partial charge in [0.05, 0.1) is 22.7 Å². The predicted octanol–water partition coefficient (Wildman–Crippen LogP) is 5.05. The summed E-state index contributed by atoms with van der Waals surface area (Å²) in [5, 5.41) is 0.735. The fraction of sp³-hybridized carbons (Fsp3) is 0.583. The molecule has 3 saturated heterocycles. The molecule has 0 N–H and O–H groups in total. The smallest absolute Gasteiger partial charge is 0.210 e. The summed E-state index contributed by atoms with van der Waals surface area (Å²) in [5.41, 5.74) is 1.38. The lowest BCUT2D eigenvalue weighted by atomic mass is 9.96. The number of rotatable bonds is 11. The average Bonchev–Trinajstić information content (AvgIpc) is 3.10. The number of hydrogen-bond donors (Lipinski definition) is 0. The van der Waals surface area contributed by atoms with Crippen molar-refractivity contribution in [2.45, 2.75) is 79.1 Å². The molecule has 3 aromatic rings. The Balaban J connectivity index is 1.17. The molecule has 0 aliphatic carbocycles. The number of piperazine rings is 1. The minimum absolute atomic E-state index is 0.197. The van der Waals surface area contributed by atoms with Gasteiger partial charge in [0, 0.05) is 84.9 Å². The van der Waals surface area contributed by atoms with Gasteiger partial charge in [-0.3, -0.25) is 14.1 Å². The van der Waals surface area contributed by atoms with Crippen molar-refractivity contribution in [3.63, 3.8) is 0 Å². The van der Waals surface area contributed by atoms with E-state index < -0.39 is 20.6 Å². The highest BCUT2D eigenvalue weighted by atomic mass is 32.2. The number of ether oxygens (including phenoxy) is 1. The molecule has 1 atom stereocenters. The van der Waals surface area contributed by atoms with Crippen molar-refractivity contribution >= 4 is 37.2 Å². The second-order valence-corrected chi connectivity index (χ2v) is 16.5. The third-order valence-electron chi connectivity index (χ3n) is 10.4. The van der Waals surface area contributed by atoms with Crippen molar-refractivity contribution in [2.24, 2.45) is 0 Å². The van der Waals surface area contributed by atoms with Gasteiger partial charge < -0.3 is 19.4 Å². The number of unbranched alkanes of at least 4 members (excludes halogenated alkanes) is 1. The molecule has 3 aliphatic heterocycles. The minimum atomic E-state index is -3.89. The zero-order chi connectivity index (χ0) is 33.0. The largest absolute Gasteiger partial charge is 0.494 e. The Morgan fingerprint density at radius 2 is 1.49 bits per heavy atom. The van der Waals surface area contributed by atoms with Crippen molar-refractivity contribution in [1.82, 2.24) is 19.7 Å². The SMILES string of the molecule is CCCCN1CCN(C2CCN(C3CCN(c4c(S(=O)(=O)c5ccc(OCC)cc5)cnc5ccc(S(C)=O)cc45)CC3)CC2)CC1. The van der Waals surface area contributed by atoms with Crippen LogP contribution in [0.5, 0.6) is 5.75 Å². The van der Waals surface area contributed by atoms with Crippen molar-refractivity contribution in [1.29, 1.82) is 0 Å². The van der Waals surface area contributed by atoms with Crippen LogP contribution in [0.15, 0.2) is 63.3 Å². The summed E-state index contributed by atoms with van der Waals surface area (Å²) >= 11 is 0. The number of fused-ring (bicyclic) bond motifs is 1. The van der Waals surface area contributed by atoms with E-state index >= 15 is 0 Å². The first-order valence-electron chi connectivity index (χ1n) is 17.5. The van der Waals surface area contributed by atoms with Crippen LogP contribution >= 0.6 is 0 Å². The van der Waals surface area contributed by atoms with E-state index in [0.29, 0.717) is 40.5 Å². The lowest BCUT2D eigenvalue weighted by Crippen LogP contribution is -2.55. The third kappa shape index (κ3) is 7.69. The average molecular weight is 682 g/mol. The Morgan fingerprint density at radius 1 is 0.851 bits per heavy atom. The highest BCUT2D eigenvalue weighted by molar-refractivity contribution is 7.91. The van der Waals surface area contributed by atoms with E-state index in [2.05, 4.69) is 31.5 Å². The Kier molecular flexibility index (Phi) is 11.2. The summed E-state index contributed by atoms with van der Waals surface area (Å²) in [6, 6.07) is 13.3. The maximum Gasteiger partial charge on any atom is 0.210 e. The van der Waals surface area contributed by atoms with Gasteiger partial charge in [-0.25, -0.2) is 8.42 Å². The quantitative estimate of drug-likeness (QED) is 0.276. The van der Waals surface area contributed by atoms with Gasteiger partial charge >= 0.3 is 0 Å². The Bertz CT molecular complexity index is 1630. The van der Waals surface area contributed by atoms with E-state index in [1.54, 1.807) is 30.5 Å². The number of nitrogens with zero attached hydrogens (tertiary/aromatic N) is 5. The first kappa shape index (κ1) is 34.3. The molecular weight excluding hydrogens is 631 g/mol. The predicted molar refractivity (Wildman–Crippen MR) is 190 cm³/mol. The van der Waals surface area contributed by atoms with Crippen molar-refractivity contribution < 1.29 is 17.4 Å². The van der Waals surface area contributed by atoms with Gasteiger partial charge in [0.25, 0.3) is 0 Å². The fourth-order valence-corrected chi connectivity index (χ4v) is 9.63. The van der Waals surface area contributed by atoms with E-state index in [1.165, 1.54) is 64.6 Å². The molecule has 6 rings (SSSR count).